The molecule has 2 saturated heterocycles. The molecule has 21 heavy (non-hydrogen) atoms. The highest BCUT2D eigenvalue weighted by molar-refractivity contribution is 6.00. The van der Waals surface area contributed by atoms with Gasteiger partial charge < -0.3 is 15.0 Å². The summed E-state index contributed by atoms with van der Waals surface area (Å²) in [5, 5.41) is 2.99. The molecule has 2 unspecified atom stereocenters. The van der Waals surface area contributed by atoms with E-state index in [-0.39, 0.29) is 29.9 Å². The average molecular weight is 296 g/mol. The Morgan fingerprint density at radius 3 is 2.48 bits per heavy atom. The highest BCUT2D eigenvalue weighted by atomic mass is 16.5. The number of carbonyl (C=O) groups excluding carboxylic acids is 2. The van der Waals surface area contributed by atoms with Crippen molar-refractivity contribution in [1.29, 1.82) is 0 Å². The van der Waals surface area contributed by atoms with Gasteiger partial charge in [0.25, 0.3) is 0 Å². The van der Waals surface area contributed by atoms with Gasteiger partial charge in [-0.3, -0.25) is 9.59 Å². The molecule has 2 aliphatic rings. The molecular weight excluding hydrogens is 268 g/mol. The molecule has 2 fully saturated rings. The monoisotopic (exact) mass is 296 g/mol. The molecule has 5 heteroatoms. The van der Waals surface area contributed by atoms with Gasteiger partial charge in [0.2, 0.25) is 11.8 Å². The third-order valence-corrected chi connectivity index (χ3v) is 4.90. The Bertz CT molecular complexity index is 398. The van der Waals surface area contributed by atoms with E-state index in [0.29, 0.717) is 19.4 Å². The molecule has 2 amide bonds. The van der Waals surface area contributed by atoms with Crippen LogP contribution in [0, 0.1) is 5.92 Å². The van der Waals surface area contributed by atoms with Crippen molar-refractivity contribution in [2.24, 2.45) is 5.92 Å². The zero-order chi connectivity index (χ0) is 15.6. The lowest BCUT2D eigenvalue weighted by Crippen LogP contribution is -2.71. The predicted octanol–water partition coefficient (Wildman–Crippen LogP) is 1.71. The van der Waals surface area contributed by atoms with E-state index >= 15 is 0 Å². The highest BCUT2D eigenvalue weighted by Crippen LogP contribution is 2.29. The first-order valence-electron chi connectivity index (χ1n) is 8.20. The van der Waals surface area contributed by atoms with Crippen molar-refractivity contribution in [3.63, 3.8) is 0 Å². The zero-order valence-electron chi connectivity index (χ0n) is 13.6. The van der Waals surface area contributed by atoms with Gasteiger partial charge in [-0.1, -0.05) is 27.7 Å². The van der Waals surface area contributed by atoms with Gasteiger partial charge >= 0.3 is 0 Å². The van der Waals surface area contributed by atoms with E-state index in [9.17, 15) is 9.59 Å². The number of amides is 2. The fourth-order valence-electron chi connectivity index (χ4n) is 3.50. The molecule has 0 aromatic carbocycles. The molecule has 0 aliphatic carbocycles. The molecule has 0 bridgehead atoms. The number of carbonyl (C=O) groups is 2. The molecule has 0 saturated carbocycles. The molecule has 1 N–H and O–H groups in total. The first-order chi connectivity index (χ1) is 9.95. The zero-order valence-corrected chi connectivity index (χ0v) is 13.6. The molecule has 2 aliphatic heterocycles. The molecular formula is C16H28N2O3. The molecule has 2 heterocycles. The standard InChI is InChI=1S/C16H28N2O3/c1-5-16(6-2)15(20)18(10-12-8-7-9-21-12)13(11(3)4)14(19)17-16/h11-13H,5-10H2,1-4H3,(H,17,19). The van der Waals surface area contributed by atoms with Gasteiger partial charge in [-0.2, -0.15) is 0 Å². The van der Waals surface area contributed by atoms with Crippen LogP contribution in [0.5, 0.6) is 0 Å². The Kier molecular flexibility index (Phi) is 4.91. The minimum atomic E-state index is -0.735. The van der Waals surface area contributed by atoms with E-state index in [2.05, 4.69) is 5.32 Å². The van der Waals surface area contributed by atoms with Crippen LogP contribution in [0.15, 0.2) is 0 Å². The van der Waals surface area contributed by atoms with Crippen LogP contribution >= 0.6 is 0 Å². The Morgan fingerprint density at radius 2 is 2.00 bits per heavy atom. The summed E-state index contributed by atoms with van der Waals surface area (Å²) in [4.78, 5) is 27.4. The Balaban J connectivity index is 2.27. The van der Waals surface area contributed by atoms with Crippen LogP contribution in [0.2, 0.25) is 0 Å². The van der Waals surface area contributed by atoms with E-state index < -0.39 is 5.54 Å². The van der Waals surface area contributed by atoms with Crippen LogP contribution in [-0.4, -0.2) is 47.6 Å². The molecule has 5 nitrogen and oxygen atoms in total. The van der Waals surface area contributed by atoms with Crippen molar-refractivity contribution in [2.75, 3.05) is 13.2 Å². The van der Waals surface area contributed by atoms with Gasteiger partial charge in [0.1, 0.15) is 11.6 Å². The van der Waals surface area contributed by atoms with Crippen LogP contribution in [0.25, 0.3) is 0 Å². The minimum Gasteiger partial charge on any atom is -0.376 e. The molecule has 0 aromatic rings. The lowest BCUT2D eigenvalue weighted by Gasteiger charge is -2.47. The number of nitrogens with zero attached hydrogens (tertiary/aromatic N) is 1. The Labute approximate surface area is 127 Å². The summed E-state index contributed by atoms with van der Waals surface area (Å²) in [6, 6.07) is -0.382. The van der Waals surface area contributed by atoms with Crippen molar-refractivity contribution in [3.05, 3.63) is 0 Å². The van der Waals surface area contributed by atoms with E-state index in [0.717, 1.165) is 19.4 Å². The van der Waals surface area contributed by atoms with Crippen molar-refractivity contribution < 1.29 is 14.3 Å². The first kappa shape index (κ1) is 16.3. The smallest absolute Gasteiger partial charge is 0.249 e. The van der Waals surface area contributed by atoms with Crippen LogP contribution in [-0.2, 0) is 14.3 Å². The molecule has 0 radical (unpaired) electrons. The summed E-state index contributed by atoms with van der Waals surface area (Å²) in [5.41, 5.74) is -0.735. The number of piperazine rings is 1. The summed E-state index contributed by atoms with van der Waals surface area (Å²) >= 11 is 0. The van der Waals surface area contributed by atoms with Gasteiger partial charge in [0.05, 0.1) is 6.10 Å². The molecule has 0 aromatic heterocycles. The SMILES string of the molecule is CCC1(CC)NC(=O)C(C(C)C)N(CC2CCCO2)C1=O. The van der Waals surface area contributed by atoms with Crippen molar-refractivity contribution in [3.8, 4) is 0 Å². The largest absolute Gasteiger partial charge is 0.376 e. The van der Waals surface area contributed by atoms with E-state index in [1.165, 1.54) is 0 Å². The van der Waals surface area contributed by atoms with Crippen molar-refractivity contribution in [1.82, 2.24) is 10.2 Å². The first-order valence-corrected chi connectivity index (χ1v) is 8.20. The normalized spacial score (nSPS) is 29.1. The topological polar surface area (TPSA) is 58.6 Å². The van der Waals surface area contributed by atoms with E-state index in [1.54, 1.807) is 4.90 Å². The number of nitrogens with one attached hydrogen (secondary N) is 1. The van der Waals surface area contributed by atoms with Crippen LogP contribution in [0.4, 0.5) is 0 Å². The fourth-order valence-corrected chi connectivity index (χ4v) is 3.50. The third kappa shape index (κ3) is 2.93. The summed E-state index contributed by atoms with van der Waals surface area (Å²) in [7, 11) is 0. The summed E-state index contributed by atoms with van der Waals surface area (Å²) < 4.78 is 5.68. The highest BCUT2D eigenvalue weighted by Gasteiger charge is 2.50. The third-order valence-electron chi connectivity index (χ3n) is 4.90. The van der Waals surface area contributed by atoms with E-state index in [1.807, 2.05) is 27.7 Å². The van der Waals surface area contributed by atoms with Crippen LogP contribution < -0.4 is 5.32 Å². The lowest BCUT2D eigenvalue weighted by atomic mass is 9.84. The maximum Gasteiger partial charge on any atom is 0.249 e. The van der Waals surface area contributed by atoms with Crippen molar-refractivity contribution in [2.45, 2.75) is 71.1 Å². The molecule has 2 rings (SSSR count). The second kappa shape index (κ2) is 6.34. The number of ether oxygens (including phenoxy) is 1. The Morgan fingerprint density at radius 1 is 1.33 bits per heavy atom. The summed E-state index contributed by atoms with van der Waals surface area (Å²) in [6.07, 6.45) is 3.34. The van der Waals surface area contributed by atoms with E-state index in [4.69, 9.17) is 4.74 Å². The number of hydrogen-bond acceptors (Lipinski definition) is 3. The van der Waals surface area contributed by atoms with Crippen molar-refractivity contribution >= 4 is 11.8 Å². The minimum absolute atomic E-state index is 0.0219. The fraction of sp³-hybridized carbons (Fsp3) is 0.875. The van der Waals surface area contributed by atoms with Gasteiger partial charge in [-0.15, -0.1) is 0 Å². The summed E-state index contributed by atoms with van der Waals surface area (Å²) in [5.74, 6) is 0.134. The van der Waals surface area contributed by atoms with Crippen LogP contribution in [0.3, 0.4) is 0 Å². The average Bonchev–Trinajstić information content (AvgIpc) is 2.95. The lowest BCUT2D eigenvalue weighted by molar-refractivity contribution is -0.159. The molecule has 2 atom stereocenters. The van der Waals surface area contributed by atoms with Gasteiger partial charge in [0.15, 0.2) is 0 Å². The van der Waals surface area contributed by atoms with Crippen LogP contribution in [0.1, 0.15) is 53.4 Å². The molecule has 120 valence electrons. The maximum atomic E-state index is 13.0. The molecule has 0 spiro atoms. The second-order valence-corrected chi connectivity index (χ2v) is 6.56. The quantitative estimate of drug-likeness (QED) is 0.840. The van der Waals surface area contributed by atoms with Gasteiger partial charge in [-0.05, 0) is 31.6 Å². The number of hydrogen-bond donors (Lipinski definition) is 1. The van der Waals surface area contributed by atoms with Gasteiger partial charge in [0, 0.05) is 13.2 Å². The maximum absolute atomic E-state index is 13.0. The number of rotatable bonds is 5. The Hall–Kier alpha value is -1.10. The predicted molar refractivity (Wildman–Crippen MR) is 80.8 cm³/mol. The summed E-state index contributed by atoms with van der Waals surface area (Å²) in [6.45, 7) is 9.20. The second-order valence-electron chi connectivity index (χ2n) is 6.56. The van der Waals surface area contributed by atoms with Gasteiger partial charge in [-0.25, -0.2) is 0 Å².